The molecule has 1 amide bonds. The summed E-state index contributed by atoms with van der Waals surface area (Å²) in [6, 6.07) is 7.77. The van der Waals surface area contributed by atoms with Crippen molar-refractivity contribution in [1.29, 1.82) is 0 Å². The molecule has 0 fully saturated rings. The summed E-state index contributed by atoms with van der Waals surface area (Å²) in [5, 5.41) is 12.3. The molecular formula is C23H27NO9S. The molecule has 0 aromatic heterocycles. The molecule has 0 saturated heterocycles. The van der Waals surface area contributed by atoms with Crippen molar-refractivity contribution < 1.29 is 42.1 Å². The zero-order chi connectivity index (χ0) is 25.3. The lowest BCUT2D eigenvalue weighted by molar-refractivity contribution is -0.138. The fourth-order valence-electron chi connectivity index (χ4n) is 3.02. The number of aliphatic carboxylic acids is 1. The van der Waals surface area contributed by atoms with Crippen LogP contribution in [0.4, 0.5) is 5.69 Å². The summed E-state index contributed by atoms with van der Waals surface area (Å²) in [6.07, 6.45) is 0.825. The van der Waals surface area contributed by atoms with Gasteiger partial charge >= 0.3 is 5.97 Å². The quantitative estimate of drug-likeness (QED) is 0.457. The molecule has 10 nitrogen and oxygen atoms in total. The third-order valence-electron chi connectivity index (χ3n) is 4.67. The molecule has 0 spiro atoms. The fourth-order valence-corrected chi connectivity index (χ4v) is 4.11. The van der Waals surface area contributed by atoms with E-state index in [4.69, 9.17) is 24.1 Å². The maximum Gasteiger partial charge on any atom is 0.303 e. The highest BCUT2D eigenvalue weighted by molar-refractivity contribution is 7.93. The van der Waals surface area contributed by atoms with E-state index in [0.717, 1.165) is 5.41 Å². The van der Waals surface area contributed by atoms with Gasteiger partial charge in [0.1, 0.15) is 23.0 Å². The van der Waals surface area contributed by atoms with Crippen molar-refractivity contribution in [3.05, 3.63) is 46.9 Å². The normalized spacial score (nSPS) is 11.2. The van der Waals surface area contributed by atoms with Gasteiger partial charge in [0.25, 0.3) is 0 Å². The molecule has 34 heavy (non-hydrogen) atoms. The second kappa shape index (κ2) is 11.9. The van der Waals surface area contributed by atoms with Crippen molar-refractivity contribution in [2.75, 3.05) is 33.8 Å². The molecular weight excluding hydrogens is 466 g/mol. The number of rotatable bonds is 12. The maximum absolute atomic E-state index is 12.8. The summed E-state index contributed by atoms with van der Waals surface area (Å²) in [7, 11) is 2.05. The van der Waals surface area contributed by atoms with Crippen molar-refractivity contribution in [3.8, 4) is 23.0 Å². The minimum Gasteiger partial charge on any atom is -0.496 e. The van der Waals surface area contributed by atoms with Gasteiger partial charge in [-0.1, -0.05) is 6.07 Å². The van der Waals surface area contributed by atoms with Crippen LogP contribution in [0, 0.1) is 0 Å². The number of benzene rings is 2. The molecule has 0 atom stereocenters. The standard InChI is InChI=1S/C23H27NO9S/c1-30-16-12-20(32-3)17(21(13-16)33-4)9-10-34(28,29)14-15-5-6-19(31-2)18(11-15)24-22(25)7-8-23(26)27/h5-6,9-13H,7-8,14H2,1-4H3,(H,24,25)(H,26,27)/b10-9+. The first-order valence-electron chi connectivity index (χ1n) is 10.0. The van der Waals surface area contributed by atoms with Crippen LogP contribution in [-0.2, 0) is 25.2 Å². The van der Waals surface area contributed by atoms with Gasteiger partial charge in [0.15, 0.2) is 9.84 Å². The molecule has 0 heterocycles. The summed E-state index contributed by atoms with van der Waals surface area (Å²) in [4.78, 5) is 22.7. The van der Waals surface area contributed by atoms with Crippen LogP contribution in [0.2, 0.25) is 0 Å². The molecule has 2 N–H and O–H groups in total. The van der Waals surface area contributed by atoms with Gasteiger partial charge in [0, 0.05) is 24.0 Å². The summed E-state index contributed by atoms with van der Waals surface area (Å²) >= 11 is 0. The zero-order valence-electron chi connectivity index (χ0n) is 19.3. The second-order valence-corrected chi connectivity index (χ2v) is 8.92. The average molecular weight is 494 g/mol. The van der Waals surface area contributed by atoms with Crippen molar-refractivity contribution >= 4 is 33.5 Å². The van der Waals surface area contributed by atoms with Crippen LogP contribution < -0.4 is 24.3 Å². The van der Waals surface area contributed by atoms with Gasteiger partial charge in [-0.25, -0.2) is 8.42 Å². The summed E-state index contributed by atoms with van der Waals surface area (Å²) in [6.45, 7) is 0. The molecule has 0 radical (unpaired) electrons. The van der Waals surface area contributed by atoms with E-state index in [0.29, 0.717) is 34.1 Å². The average Bonchev–Trinajstić information content (AvgIpc) is 2.80. The van der Waals surface area contributed by atoms with Gasteiger partial charge in [0.05, 0.1) is 51.9 Å². The van der Waals surface area contributed by atoms with E-state index in [2.05, 4.69) is 5.32 Å². The number of ether oxygens (including phenoxy) is 4. The van der Waals surface area contributed by atoms with Crippen LogP contribution in [0.15, 0.2) is 35.7 Å². The maximum atomic E-state index is 12.8. The van der Waals surface area contributed by atoms with Crippen LogP contribution in [0.3, 0.4) is 0 Å². The summed E-state index contributed by atoms with van der Waals surface area (Å²) in [5.74, 6) is -0.431. The van der Waals surface area contributed by atoms with Gasteiger partial charge in [-0.15, -0.1) is 0 Å². The smallest absolute Gasteiger partial charge is 0.303 e. The number of carboxylic acids is 1. The van der Waals surface area contributed by atoms with Crippen LogP contribution in [0.25, 0.3) is 6.08 Å². The lowest BCUT2D eigenvalue weighted by Crippen LogP contribution is -2.14. The van der Waals surface area contributed by atoms with E-state index in [1.54, 1.807) is 18.2 Å². The topological polar surface area (TPSA) is 137 Å². The van der Waals surface area contributed by atoms with Gasteiger partial charge in [-0.2, -0.15) is 0 Å². The number of hydrogen-bond acceptors (Lipinski definition) is 8. The largest absolute Gasteiger partial charge is 0.496 e. The third kappa shape index (κ3) is 7.41. The van der Waals surface area contributed by atoms with E-state index in [1.165, 1.54) is 46.6 Å². The number of hydrogen-bond donors (Lipinski definition) is 2. The Hall–Kier alpha value is -3.73. The Bertz CT molecular complexity index is 1150. The molecule has 2 aromatic carbocycles. The van der Waals surface area contributed by atoms with Crippen molar-refractivity contribution in [1.82, 2.24) is 0 Å². The van der Waals surface area contributed by atoms with Crippen molar-refractivity contribution in [3.63, 3.8) is 0 Å². The van der Waals surface area contributed by atoms with Crippen LogP contribution in [-0.4, -0.2) is 53.8 Å². The number of amides is 1. The number of anilines is 1. The summed E-state index contributed by atoms with van der Waals surface area (Å²) in [5.41, 5.74) is 1.07. The van der Waals surface area contributed by atoms with Gasteiger partial charge in [0.2, 0.25) is 5.91 Å². The number of carboxylic acid groups (broad SMARTS) is 1. The molecule has 11 heteroatoms. The van der Waals surface area contributed by atoms with E-state index < -0.39 is 21.7 Å². The fraction of sp³-hybridized carbons (Fsp3) is 0.304. The van der Waals surface area contributed by atoms with Crippen LogP contribution in [0.1, 0.15) is 24.0 Å². The van der Waals surface area contributed by atoms with Crippen molar-refractivity contribution in [2.24, 2.45) is 0 Å². The van der Waals surface area contributed by atoms with Crippen LogP contribution >= 0.6 is 0 Å². The number of methoxy groups -OCH3 is 4. The number of nitrogens with one attached hydrogen (secondary N) is 1. The van der Waals surface area contributed by atoms with Gasteiger partial charge in [-0.3, -0.25) is 9.59 Å². The Morgan fingerprint density at radius 2 is 1.53 bits per heavy atom. The minimum absolute atomic E-state index is 0.227. The van der Waals surface area contributed by atoms with E-state index in [1.807, 2.05) is 0 Å². The molecule has 0 aliphatic carbocycles. The monoisotopic (exact) mass is 493 g/mol. The lowest BCUT2D eigenvalue weighted by Gasteiger charge is -2.13. The number of carbonyl (C=O) groups excluding carboxylic acids is 1. The van der Waals surface area contributed by atoms with Crippen LogP contribution in [0.5, 0.6) is 23.0 Å². The molecule has 0 saturated carbocycles. The van der Waals surface area contributed by atoms with Gasteiger partial charge in [-0.05, 0) is 23.8 Å². The minimum atomic E-state index is -3.74. The predicted octanol–water partition coefficient (Wildman–Crippen LogP) is 3.11. The molecule has 2 rings (SSSR count). The SMILES string of the molecule is COc1cc(OC)c(/C=C/S(=O)(=O)Cc2ccc(OC)c(NC(=O)CCC(=O)O)c2)c(OC)c1. The van der Waals surface area contributed by atoms with E-state index >= 15 is 0 Å². The number of sulfone groups is 1. The molecule has 0 aliphatic heterocycles. The molecule has 0 aliphatic rings. The third-order valence-corrected chi connectivity index (χ3v) is 5.95. The Kier molecular flexibility index (Phi) is 9.31. The highest BCUT2D eigenvalue weighted by Crippen LogP contribution is 2.35. The Morgan fingerprint density at radius 3 is 2.06 bits per heavy atom. The molecule has 0 bridgehead atoms. The first-order chi connectivity index (χ1) is 16.1. The number of carbonyl (C=O) groups is 2. The van der Waals surface area contributed by atoms with E-state index in [-0.39, 0.29) is 24.3 Å². The Morgan fingerprint density at radius 1 is 0.912 bits per heavy atom. The van der Waals surface area contributed by atoms with E-state index in [9.17, 15) is 18.0 Å². The Labute approximate surface area is 198 Å². The highest BCUT2D eigenvalue weighted by atomic mass is 32.2. The molecule has 184 valence electrons. The zero-order valence-corrected chi connectivity index (χ0v) is 20.1. The first-order valence-corrected chi connectivity index (χ1v) is 11.7. The first kappa shape index (κ1) is 26.5. The van der Waals surface area contributed by atoms with Crippen molar-refractivity contribution in [2.45, 2.75) is 18.6 Å². The Balaban J connectivity index is 2.27. The molecule has 2 aromatic rings. The molecule has 0 unspecified atom stereocenters. The van der Waals surface area contributed by atoms with Gasteiger partial charge < -0.3 is 29.4 Å². The highest BCUT2D eigenvalue weighted by Gasteiger charge is 2.16. The predicted molar refractivity (Wildman–Crippen MR) is 126 cm³/mol. The summed E-state index contributed by atoms with van der Waals surface area (Å²) < 4.78 is 46.6. The lowest BCUT2D eigenvalue weighted by atomic mass is 10.1. The second-order valence-electron chi connectivity index (χ2n) is 7.03.